The number of hydrogen-bond donors (Lipinski definition) is 3. The van der Waals surface area contributed by atoms with Gasteiger partial charge in [-0.15, -0.1) is 0 Å². The van der Waals surface area contributed by atoms with Gasteiger partial charge in [-0.1, -0.05) is 25.4 Å². The van der Waals surface area contributed by atoms with Gasteiger partial charge in [-0.05, 0) is 58.5 Å². The minimum atomic E-state index is -2.75. The smallest absolute Gasteiger partial charge is 0.329 e. The summed E-state index contributed by atoms with van der Waals surface area (Å²) in [6.45, 7) is 8.49. The minimum Gasteiger partial charge on any atom is -0.390 e. The van der Waals surface area contributed by atoms with Crippen molar-refractivity contribution in [3.63, 3.8) is 0 Å². The average Bonchev–Trinajstić information content (AvgIpc) is 3.12. The SMILES string of the molecule is CNCCCn1c(=O)n(CCC(C)(C)O)c2cc(Nc3nc(N4C[C@@H](C)C(F)(F)[C@@H](C)C4)ncc3Cl)ccc21. The molecule has 0 spiro atoms. The zero-order valence-electron chi connectivity index (χ0n) is 23.1. The lowest BCUT2D eigenvalue weighted by Crippen LogP contribution is -2.52. The van der Waals surface area contributed by atoms with E-state index in [1.165, 1.54) is 20.0 Å². The number of aliphatic hydroxyl groups is 1. The number of benzene rings is 1. The van der Waals surface area contributed by atoms with Gasteiger partial charge in [0.1, 0.15) is 5.02 Å². The van der Waals surface area contributed by atoms with Gasteiger partial charge >= 0.3 is 5.69 Å². The zero-order valence-corrected chi connectivity index (χ0v) is 23.9. The van der Waals surface area contributed by atoms with Crippen LogP contribution in [0, 0.1) is 11.8 Å². The molecular weight excluding hydrogens is 528 g/mol. The molecule has 2 aromatic heterocycles. The van der Waals surface area contributed by atoms with E-state index in [9.17, 15) is 18.7 Å². The summed E-state index contributed by atoms with van der Waals surface area (Å²) in [5, 5.41) is 16.9. The molecule has 3 heterocycles. The molecule has 0 saturated carbocycles. The molecule has 1 aliphatic heterocycles. The number of nitrogens with one attached hydrogen (secondary N) is 2. The average molecular weight is 566 g/mol. The van der Waals surface area contributed by atoms with E-state index in [-0.39, 0.29) is 23.8 Å². The highest BCUT2D eigenvalue weighted by Gasteiger charge is 2.47. The minimum absolute atomic E-state index is 0.130. The highest BCUT2D eigenvalue weighted by atomic mass is 35.5. The van der Waals surface area contributed by atoms with Crippen LogP contribution in [0.25, 0.3) is 11.0 Å². The largest absolute Gasteiger partial charge is 0.390 e. The first-order chi connectivity index (χ1) is 18.3. The van der Waals surface area contributed by atoms with Crippen LogP contribution in [0.3, 0.4) is 0 Å². The predicted octanol–water partition coefficient (Wildman–Crippen LogP) is 4.49. The number of halogens is 3. The van der Waals surface area contributed by atoms with Gasteiger partial charge in [0.25, 0.3) is 5.92 Å². The number of anilines is 3. The van der Waals surface area contributed by atoms with E-state index in [2.05, 4.69) is 20.6 Å². The monoisotopic (exact) mass is 565 g/mol. The third kappa shape index (κ3) is 6.36. The van der Waals surface area contributed by atoms with E-state index in [0.717, 1.165) is 24.0 Å². The molecule has 214 valence electrons. The fraction of sp³-hybridized carbons (Fsp3) is 0.593. The lowest BCUT2D eigenvalue weighted by atomic mass is 9.87. The third-order valence-electron chi connectivity index (χ3n) is 7.35. The van der Waals surface area contributed by atoms with Crippen LogP contribution >= 0.6 is 11.6 Å². The van der Waals surface area contributed by atoms with Crippen molar-refractivity contribution in [3.8, 4) is 0 Å². The van der Waals surface area contributed by atoms with Crippen LogP contribution in [0.5, 0.6) is 0 Å². The van der Waals surface area contributed by atoms with Gasteiger partial charge < -0.3 is 20.6 Å². The molecule has 1 fully saturated rings. The maximum Gasteiger partial charge on any atom is 0.329 e. The number of nitrogens with zero attached hydrogens (tertiary/aromatic N) is 5. The van der Waals surface area contributed by atoms with E-state index in [1.807, 2.05) is 25.2 Å². The lowest BCUT2D eigenvalue weighted by Gasteiger charge is -2.41. The molecule has 4 rings (SSSR count). The molecule has 0 unspecified atom stereocenters. The summed E-state index contributed by atoms with van der Waals surface area (Å²) in [6.07, 6.45) is 2.66. The van der Waals surface area contributed by atoms with E-state index in [1.54, 1.807) is 27.9 Å². The molecule has 3 aromatic rings. The zero-order chi connectivity index (χ0) is 28.5. The Morgan fingerprint density at radius 2 is 1.82 bits per heavy atom. The Hall–Kier alpha value is -2.76. The molecule has 39 heavy (non-hydrogen) atoms. The van der Waals surface area contributed by atoms with E-state index < -0.39 is 23.4 Å². The normalized spacial score (nSPS) is 19.6. The van der Waals surface area contributed by atoms with Crippen molar-refractivity contribution in [1.29, 1.82) is 0 Å². The second-order valence-electron chi connectivity index (χ2n) is 11.2. The number of imidazole rings is 1. The number of piperidine rings is 1. The quantitative estimate of drug-likeness (QED) is 0.311. The Kier molecular flexibility index (Phi) is 8.53. The number of rotatable bonds is 10. The molecule has 1 aliphatic rings. The summed E-state index contributed by atoms with van der Waals surface area (Å²) in [6, 6.07) is 5.59. The maximum absolute atomic E-state index is 14.4. The molecule has 3 N–H and O–H groups in total. The molecule has 9 nitrogen and oxygen atoms in total. The van der Waals surface area contributed by atoms with E-state index in [4.69, 9.17) is 11.6 Å². The van der Waals surface area contributed by atoms with Gasteiger partial charge in [-0.3, -0.25) is 9.13 Å². The standard InChI is InChI=1S/C27H38ClF2N7O2/c1-17-15-35(16-18(2)27(17,29)30)24-32-14-20(28)23(34-24)33-19-7-8-21-22(13-19)37(12-9-26(3,4)39)25(38)36(21)11-6-10-31-5/h7-8,13-14,17-18,31,39H,6,9-12,15-16H2,1-5H3,(H,32,33,34)/t17-,18+. The van der Waals surface area contributed by atoms with E-state index >= 15 is 0 Å². The summed E-state index contributed by atoms with van der Waals surface area (Å²) in [5.41, 5.74) is 1.13. The topological polar surface area (TPSA) is 100 Å². The van der Waals surface area contributed by atoms with Crippen molar-refractivity contribution >= 4 is 40.1 Å². The third-order valence-corrected chi connectivity index (χ3v) is 7.63. The Labute approximate surface area is 232 Å². The van der Waals surface area contributed by atoms with Gasteiger partial charge in [0.05, 0.1) is 22.8 Å². The number of alkyl halides is 2. The van der Waals surface area contributed by atoms with Crippen molar-refractivity contribution in [2.45, 2.75) is 65.1 Å². The van der Waals surface area contributed by atoms with Crippen LogP contribution in [0.2, 0.25) is 5.02 Å². The molecule has 0 aliphatic carbocycles. The van der Waals surface area contributed by atoms with Crippen LogP contribution in [-0.2, 0) is 13.1 Å². The molecule has 0 bridgehead atoms. The number of aryl methyl sites for hydroxylation is 2. The first-order valence-electron chi connectivity index (χ1n) is 13.3. The van der Waals surface area contributed by atoms with Gasteiger partial charge in [-0.25, -0.2) is 18.6 Å². The summed E-state index contributed by atoms with van der Waals surface area (Å²) in [4.78, 5) is 24.0. The Balaban J connectivity index is 1.65. The molecular formula is C27H38ClF2N7O2. The van der Waals surface area contributed by atoms with E-state index in [0.29, 0.717) is 37.0 Å². The number of fused-ring (bicyclic) bond motifs is 1. The molecule has 1 saturated heterocycles. The highest BCUT2D eigenvalue weighted by Crippen LogP contribution is 2.39. The first-order valence-corrected chi connectivity index (χ1v) is 13.7. The summed E-state index contributed by atoms with van der Waals surface area (Å²) >= 11 is 6.42. The molecule has 12 heteroatoms. The van der Waals surface area contributed by atoms with Crippen LogP contribution < -0.4 is 21.2 Å². The number of hydrogen-bond acceptors (Lipinski definition) is 7. The molecule has 0 radical (unpaired) electrons. The fourth-order valence-corrected chi connectivity index (χ4v) is 5.13. The van der Waals surface area contributed by atoms with Crippen molar-refractivity contribution < 1.29 is 13.9 Å². The van der Waals surface area contributed by atoms with Crippen molar-refractivity contribution in [2.75, 3.05) is 36.9 Å². The van der Waals surface area contributed by atoms with Crippen LogP contribution in [-0.4, -0.2) is 62.4 Å². The van der Waals surface area contributed by atoms with Crippen molar-refractivity contribution in [3.05, 3.63) is 39.9 Å². The molecule has 0 amide bonds. The van der Waals surface area contributed by atoms with Crippen LogP contribution in [0.4, 0.5) is 26.2 Å². The Morgan fingerprint density at radius 3 is 2.46 bits per heavy atom. The fourth-order valence-electron chi connectivity index (χ4n) is 4.99. The second-order valence-corrected chi connectivity index (χ2v) is 11.6. The maximum atomic E-state index is 14.4. The second kappa shape index (κ2) is 11.4. The molecule has 1 aromatic carbocycles. The summed E-state index contributed by atoms with van der Waals surface area (Å²) in [5.74, 6) is -3.74. The predicted molar refractivity (Wildman–Crippen MR) is 151 cm³/mol. The van der Waals surface area contributed by atoms with Gasteiger partial charge in [0, 0.05) is 43.7 Å². The summed E-state index contributed by atoms with van der Waals surface area (Å²) < 4.78 is 32.2. The van der Waals surface area contributed by atoms with Crippen molar-refractivity contribution in [1.82, 2.24) is 24.4 Å². The highest BCUT2D eigenvalue weighted by molar-refractivity contribution is 6.32. The summed E-state index contributed by atoms with van der Waals surface area (Å²) in [7, 11) is 1.87. The Bertz CT molecular complexity index is 1350. The van der Waals surface area contributed by atoms with Gasteiger partial charge in [-0.2, -0.15) is 4.98 Å². The Morgan fingerprint density at radius 1 is 1.15 bits per heavy atom. The van der Waals surface area contributed by atoms with Crippen LogP contribution in [0.1, 0.15) is 40.5 Å². The van der Waals surface area contributed by atoms with Crippen LogP contribution in [0.15, 0.2) is 29.2 Å². The van der Waals surface area contributed by atoms with Crippen molar-refractivity contribution in [2.24, 2.45) is 11.8 Å². The lowest BCUT2D eigenvalue weighted by molar-refractivity contribution is -0.105. The van der Waals surface area contributed by atoms with Gasteiger partial charge in [0.15, 0.2) is 5.82 Å². The molecule has 2 atom stereocenters. The first kappa shape index (κ1) is 29.2. The van der Waals surface area contributed by atoms with Gasteiger partial charge in [0.2, 0.25) is 5.95 Å². The number of aromatic nitrogens is 4.